The molecule has 1 unspecified atom stereocenters. The summed E-state index contributed by atoms with van der Waals surface area (Å²) in [4.78, 5) is 0. The van der Waals surface area contributed by atoms with Gasteiger partial charge in [-0.2, -0.15) is 5.10 Å². The van der Waals surface area contributed by atoms with Crippen molar-refractivity contribution in [2.24, 2.45) is 12.9 Å². The fourth-order valence-corrected chi connectivity index (χ4v) is 2.24. The summed E-state index contributed by atoms with van der Waals surface area (Å²) in [7, 11) is 1.76. The van der Waals surface area contributed by atoms with Gasteiger partial charge in [0.2, 0.25) is 0 Å². The Morgan fingerprint density at radius 3 is 2.78 bits per heavy atom. The van der Waals surface area contributed by atoms with E-state index < -0.39 is 11.9 Å². The Bertz CT molecular complexity index is 572. The molecule has 0 bridgehead atoms. The van der Waals surface area contributed by atoms with Crippen LogP contribution in [0.5, 0.6) is 0 Å². The molecule has 2 aromatic rings. The monoisotopic (exact) mass is 332 g/mol. The standard InChI is InChI=1S/C11H11BrClFN4/c1-18-8(4-5-16-18)11(17-15)6-2-3-7(12)9(13)10(6)14/h2-5,11,17H,15H2,1H3. The first-order chi connectivity index (χ1) is 8.56. The highest BCUT2D eigenvalue weighted by Gasteiger charge is 2.21. The first-order valence-electron chi connectivity index (χ1n) is 5.13. The van der Waals surface area contributed by atoms with Crippen LogP contribution in [0.2, 0.25) is 5.02 Å². The normalized spacial score (nSPS) is 12.7. The van der Waals surface area contributed by atoms with Crippen molar-refractivity contribution >= 4 is 27.5 Å². The summed E-state index contributed by atoms with van der Waals surface area (Å²) in [5.74, 6) is 5.00. The average Bonchev–Trinajstić information content (AvgIpc) is 2.77. The van der Waals surface area contributed by atoms with E-state index in [0.717, 1.165) is 5.69 Å². The molecule has 1 heterocycles. The SMILES string of the molecule is Cn1nccc1C(NN)c1ccc(Br)c(Cl)c1F. The van der Waals surface area contributed by atoms with Crippen molar-refractivity contribution in [2.45, 2.75) is 6.04 Å². The molecule has 7 heteroatoms. The number of hydrogen-bond acceptors (Lipinski definition) is 3. The summed E-state index contributed by atoms with van der Waals surface area (Å²) in [6.07, 6.45) is 1.62. The maximum absolute atomic E-state index is 14.1. The number of nitrogens with two attached hydrogens (primary N) is 1. The number of halogens is 3. The maximum Gasteiger partial charge on any atom is 0.148 e. The minimum atomic E-state index is -0.511. The second-order valence-electron chi connectivity index (χ2n) is 3.74. The number of aryl methyl sites for hydroxylation is 1. The quantitative estimate of drug-likeness (QED) is 0.515. The number of rotatable bonds is 3. The van der Waals surface area contributed by atoms with Gasteiger partial charge in [-0.25, -0.2) is 9.82 Å². The molecule has 0 fully saturated rings. The van der Waals surface area contributed by atoms with Gasteiger partial charge in [-0.15, -0.1) is 0 Å². The van der Waals surface area contributed by atoms with Crippen LogP contribution >= 0.6 is 27.5 Å². The molecule has 0 aliphatic rings. The Kier molecular flexibility index (Phi) is 4.01. The van der Waals surface area contributed by atoms with Gasteiger partial charge in [0.15, 0.2) is 0 Å². The van der Waals surface area contributed by atoms with E-state index in [2.05, 4.69) is 26.5 Å². The Morgan fingerprint density at radius 2 is 2.22 bits per heavy atom. The molecule has 4 nitrogen and oxygen atoms in total. The first kappa shape index (κ1) is 13.5. The molecule has 1 atom stereocenters. The summed E-state index contributed by atoms with van der Waals surface area (Å²) in [5.41, 5.74) is 3.69. The van der Waals surface area contributed by atoms with Gasteiger partial charge in [-0.1, -0.05) is 17.7 Å². The van der Waals surface area contributed by atoms with E-state index in [0.29, 0.717) is 10.0 Å². The molecule has 0 radical (unpaired) electrons. The van der Waals surface area contributed by atoms with Crippen molar-refractivity contribution in [1.82, 2.24) is 15.2 Å². The van der Waals surface area contributed by atoms with Crippen LogP contribution in [0, 0.1) is 5.82 Å². The lowest BCUT2D eigenvalue weighted by molar-refractivity contribution is 0.532. The highest BCUT2D eigenvalue weighted by Crippen LogP contribution is 2.32. The molecule has 0 aliphatic heterocycles. The van der Waals surface area contributed by atoms with Gasteiger partial charge in [0.05, 0.1) is 16.8 Å². The third-order valence-electron chi connectivity index (χ3n) is 2.70. The van der Waals surface area contributed by atoms with E-state index in [4.69, 9.17) is 17.4 Å². The predicted molar refractivity (Wildman–Crippen MR) is 71.5 cm³/mol. The minimum Gasteiger partial charge on any atom is -0.271 e. The molecule has 1 aromatic carbocycles. The van der Waals surface area contributed by atoms with E-state index in [-0.39, 0.29) is 5.02 Å². The Balaban J connectivity index is 2.53. The fourth-order valence-electron chi connectivity index (χ4n) is 1.77. The lowest BCUT2D eigenvalue weighted by Crippen LogP contribution is -2.31. The van der Waals surface area contributed by atoms with Crippen LogP contribution in [0.4, 0.5) is 4.39 Å². The lowest BCUT2D eigenvalue weighted by atomic mass is 10.0. The van der Waals surface area contributed by atoms with E-state index in [1.807, 2.05) is 0 Å². The van der Waals surface area contributed by atoms with E-state index in [1.54, 1.807) is 36.1 Å². The Hall–Kier alpha value is -0.950. The summed E-state index contributed by atoms with van der Waals surface area (Å²) in [6, 6.07) is 4.56. The molecule has 3 N–H and O–H groups in total. The molecule has 0 amide bonds. The van der Waals surface area contributed by atoms with Crippen molar-refractivity contribution in [3.63, 3.8) is 0 Å². The average molecular weight is 334 g/mol. The number of benzene rings is 1. The summed E-state index contributed by atoms with van der Waals surface area (Å²) < 4.78 is 16.3. The predicted octanol–water partition coefficient (Wildman–Crippen LogP) is 2.53. The molecule has 0 saturated heterocycles. The van der Waals surface area contributed by atoms with Crippen LogP contribution in [-0.4, -0.2) is 9.78 Å². The number of aromatic nitrogens is 2. The largest absolute Gasteiger partial charge is 0.271 e. The highest BCUT2D eigenvalue weighted by molar-refractivity contribution is 9.10. The van der Waals surface area contributed by atoms with Crippen LogP contribution in [0.1, 0.15) is 17.3 Å². The van der Waals surface area contributed by atoms with E-state index in [1.165, 1.54) is 0 Å². The van der Waals surface area contributed by atoms with Gasteiger partial charge < -0.3 is 0 Å². The molecule has 18 heavy (non-hydrogen) atoms. The summed E-state index contributed by atoms with van der Waals surface area (Å²) in [6.45, 7) is 0. The Morgan fingerprint density at radius 1 is 1.50 bits per heavy atom. The van der Waals surface area contributed by atoms with Gasteiger partial charge in [-0.05, 0) is 28.1 Å². The number of nitrogens with zero attached hydrogens (tertiary/aromatic N) is 2. The van der Waals surface area contributed by atoms with Crippen LogP contribution in [0.25, 0.3) is 0 Å². The second-order valence-corrected chi connectivity index (χ2v) is 4.98. The zero-order chi connectivity index (χ0) is 13.3. The second kappa shape index (κ2) is 5.36. The topological polar surface area (TPSA) is 55.9 Å². The third-order valence-corrected chi connectivity index (χ3v) is 3.96. The molecule has 0 spiro atoms. The smallest absolute Gasteiger partial charge is 0.148 e. The zero-order valence-corrected chi connectivity index (χ0v) is 11.8. The zero-order valence-electron chi connectivity index (χ0n) is 9.49. The van der Waals surface area contributed by atoms with Crippen molar-refractivity contribution in [3.05, 3.63) is 51.0 Å². The molecular weight excluding hydrogens is 323 g/mol. The van der Waals surface area contributed by atoms with Gasteiger partial charge in [0, 0.05) is 23.3 Å². The number of nitrogens with one attached hydrogen (secondary N) is 1. The fraction of sp³-hybridized carbons (Fsp3) is 0.182. The van der Waals surface area contributed by atoms with Gasteiger partial charge in [-0.3, -0.25) is 10.5 Å². The van der Waals surface area contributed by atoms with E-state index in [9.17, 15) is 4.39 Å². The first-order valence-corrected chi connectivity index (χ1v) is 6.30. The van der Waals surface area contributed by atoms with Crippen molar-refractivity contribution in [2.75, 3.05) is 0 Å². The number of hydrazine groups is 1. The van der Waals surface area contributed by atoms with Crippen LogP contribution < -0.4 is 11.3 Å². The van der Waals surface area contributed by atoms with Crippen LogP contribution in [-0.2, 0) is 7.05 Å². The highest BCUT2D eigenvalue weighted by atomic mass is 79.9. The molecule has 96 valence electrons. The summed E-state index contributed by atoms with van der Waals surface area (Å²) in [5, 5.41) is 4.07. The number of hydrogen-bond donors (Lipinski definition) is 2. The van der Waals surface area contributed by atoms with Crippen molar-refractivity contribution in [1.29, 1.82) is 0 Å². The van der Waals surface area contributed by atoms with Crippen LogP contribution in [0.15, 0.2) is 28.9 Å². The molecule has 1 aromatic heterocycles. The van der Waals surface area contributed by atoms with Gasteiger partial charge in [0.25, 0.3) is 0 Å². The Labute approximate surface area is 117 Å². The third kappa shape index (κ3) is 2.29. The van der Waals surface area contributed by atoms with Crippen molar-refractivity contribution in [3.8, 4) is 0 Å². The minimum absolute atomic E-state index is 0.0370. The van der Waals surface area contributed by atoms with E-state index >= 15 is 0 Å². The molecule has 2 rings (SSSR count). The van der Waals surface area contributed by atoms with Gasteiger partial charge in [0.1, 0.15) is 5.82 Å². The maximum atomic E-state index is 14.1. The lowest BCUT2D eigenvalue weighted by Gasteiger charge is -2.18. The molecular formula is C11H11BrClFN4. The van der Waals surface area contributed by atoms with Crippen LogP contribution in [0.3, 0.4) is 0 Å². The molecule has 0 aliphatic carbocycles. The van der Waals surface area contributed by atoms with Crippen molar-refractivity contribution < 1.29 is 4.39 Å². The van der Waals surface area contributed by atoms with Gasteiger partial charge >= 0.3 is 0 Å². The summed E-state index contributed by atoms with van der Waals surface area (Å²) >= 11 is 9.05. The molecule has 0 saturated carbocycles.